The van der Waals surface area contributed by atoms with Crippen LogP contribution in [-0.2, 0) is 16.2 Å². The van der Waals surface area contributed by atoms with Crippen LogP contribution in [0.4, 0.5) is 0 Å². The molecular weight excluding hydrogens is 382 g/mol. The lowest BCUT2D eigenvalue weighted by Gasteiger charge is -2.22. The Balaban J connectivity index is 1.52. The number of nitrogens with one attached hydrogen (secondary N) is 2. The fourth-order valence-electron chi connectivity index (χ4n) is 3.33. The van der Waals surface area contributed by atoms with Crippen LogP contribution in [0.2, 0.25) is 0 Å². The summed E-state index contributed by atoms with van der Waals surface area (Å²) in [4.78, 5) is 23.9. The lowest BCUT2D eigenvalue weighted by molar-refractivity contribution is -0.139. The molecule has 0 aliphatic heterocycles. The third-order valence-corrected chi connectivity index (χ3v) is 4.95. The topological polar surface area (TPSA) is 89.0 Å². The van der Waals surface area contributed by atoms with Crippen LogP contribution in [0.1, 0.15) is 43.2 Å². The van der Waals surface area contributed by atoms with Gasteiger partial charge in [-0.05, 0) is 42.2 Å². The van der Waals surface area contributed by atoms with Gasteiger partial charge in [0.1, 0.15) is 6.61 Å². The molecule has 0 atom stereocenters. The highest BCUT2D eigenvalue weighted by Crippen LogP contribution is 2.28. The average Bonchev–Trinajstić information content (AvgIpc) is 2.79. The van der Waals surface area contributed by atoms with E-state index in [1.807, 2.05) is 30.3 Å². The number of hydrazone groups is 1. The highest BCUT2D eigenvalue weighted by Gasteiger charge is 2.19. The number of hydrogen-bond donors (Lipinski definition) is 2. The van der Waals surface area contributed by atoms with Gasteiger partial charge in [-0.2, -0.15) is 5.10 Å². The molecule has 2 N–H and O–H groups in total. The number of methoxy groups -OCH3 is 1. The molecule has 158 valence electrons. The van der Waals surface area contributed by atoms with E-state index in [4.69, 9.17) is 9.47 Å². The summed E-state index contributed by atoms with van der Waals surface area (Å²) in [5.74, 6) is -0.265. The minimum Gasteiger partial charge on any atom is -0.493 e. The largest absolute Gasteiger partial charge is 0.493 e. The minimum absolute atomic E-state index is 0.0775. The fourth-order valence-corrected chi connectivity index (χ4v) is 3.33. The van der Waals surface area contributed by atoms with E-state index < -0.39 is 11.8 Å². The first-order valence-corrected chi connectivity index (χ1v) is 10.1. The van der Waals surface area contributed by atoms with Gasteiger partial charge in [0.25, 0.3) is 0 Å². The smallest absolute Gasteiger partial charge is 0.329 e. The fraction of sp³-hybridized carbons (Fsp3) is 0.348. The SMILES string of the molecule is COc1cc(/C=N/NC(=O)C(=O)NC2CCCCC2)ccc1OCc1ccccc1. The van der Waals surface area contributed by atoms with E-state index in [1.165, 1.54) is 12.6 Å². The van der Waals surface area contributed by atoms with Gasteiger partial charge in [0.05, 0.1) is 13.3 Å². The quantitative estimate of drug-likeness (QED) is 0.418. The van der Waals surface area contributed by atoms with Gasteiger partial charge < -0.3 is 14.8 Å². The van der Waals surface area contributed by atoms with Crippen LogP contribution >= 0.6 is 0 Å². The molecule has 0 unspecified atom stereocenters. The number of benzene rings is 2. The van der Waals surface area contributed by atoms with Crippen molar-refractivity contribution in [3.05, 3.63) is 59.7 Å². The van der Waals surface area contributed by atoms with Crippen LogP contribution < -0.4 is 20.2 Å². The molecule has 1 fully saturated rings. The highest BCUT2D eigenvalue weighted by molar-refractivity contribution is 6.35. The Morgan fingerprint density at radius 2 is 1.80 bits per heavy atom. The lowest BCUT2D eigenvalue weighted by atomic mass is 9.95. The molecule has 0 aromatic heterocycles. The molecular formula is C23H27N3O4. The zero-order valence-electron chi connectivity index (χ0n) is 17.1. The number of amides is 2. The second kappa shape index (κ2) is 11.0. The van der Waals surface area contributed by atoms with Gasteiger partial charge in [0.2, 0.25) is 0 Å². The van der Waals surface area contributed by atoms with E-state index in [0.717, 1.165) is 31.2 Å². The third-order valence-electron chi connectivity index (χ3n) is 4.95. The van der Waals surface area contributed by atoms with Gasteiger partial charge in [-0.25, -0.2) is 5.43 Å². The second-order valence-corrected chi connectivity index (χ2v) is 7.19. The maximum atomic E-state index is 12.0. The van der Waals surface area contributed by atoms with Gasteiger partial charge in [-0.15, -0.1) is 0 Å². The minimum atomic E-state index is -0.772. The van der Waals surface area contributed by atoms with E-state index in [1.54, 1.807) is 25.3 Å². The van der Waals surface area contributed by atoms with Gasteiger partial charge in [-0.3, -0.25) is 9.59 Å². The summed E-state index contributed by atoms with van der Waals surface area (Å²) in [5, 5.41) is 6.63. The second-order valence-electron chi connectivity index (χ2n) is 7.19. The van der Waals surface area contributed by atoms with E-state index in [-0.39, 0.29) is 6.04 Å². The maximum Gasteiger partial charge on any atom is 0.329 e. The zero-order chi connectivity index (χ0) is 21.2. The van der Waals surface area contributed by atoms with Crippen molar-refractivity contribution in [3.63, 3.8) is 0 Å². The van der Waals surface area contributed by atoms with Crippen molar-refractivity contribution in [2.45, 2.75) is 44.8 Å². The zero-order valence-corrected chi connectivity index (χ0v) is 17.1. The summed E-state index contributed by atoms with van der Waals surface area (Å²) in [6, 6.07) is 15.2. The highest BCUT2D eigenvalue weighted by atomic mass is 16.5. The molecule has 0 heterocycles. The summed E-state index contributed by atoms with van der Waals surface area (Å²) in [6.07, 6.45) is 6.63. The van der Waals surface area contributed by atoms with Crippen molar-refractivity contribution in [1.29, 1.82) is 0 Å². The Hall–Kier alpha value is -3.35. The first-order chi connectivity index (χ1) is 14.7. The number of rotatable bonds is 7. The first-order valence-electron chi connectivity index (χ1n) is 10.1. The van der Waals surface area contributed by atoms with Crippen LogP contribution in [0.5, 0.6) is 11.5 Å². The number of nitrogens with zero attached hydrogens (tertiary/aromatic N) is 1. The summed E-state index contributed by atoms with van der Waals surface area (Å²) < 4.78 is 11.2. The van der Waals surface area contributed by atoms with Crippen molar-refractivity contribution in [1.82, 2.24) is 10.7 Å². The molecule has 0 saturated heterocycles. The normalized spacial score (nSPS) is 14.3. The van der Waals surface area contributed by atoms with Crippen LogP contribution in [0.3, 0.4) is 0 Å². The Morgan fingerprint density at radius 3 is 2.53 bits per heavy atom. The van der Waals surface area contributed by atoms with Gasteiger partial charge >= 0.3 is 11.8 Å². The predicted octanol–water partition coefficient (Wildman–Crippen LogP) is 3.17. The molecule has 2 amide bonds. The average molecular weight is 409 g/mol. The molecule has 1 aliphatic rings. The summed E-state index contributed by atoms with van der Waals surface area (Å²) >= 11 is 0. The number of carbonyl (C=O) groups is 2. The number of carbonyl (C=O) groups excluding carboxylic acids is 2. The molecule has 2 aromatic rings. The first kappa shape index (κ1) is 21.4. The maximum absolute atomic E-state index is 12.0. The van der Waals surface area contributed by atoms with Crippen LogP contribution in [-0.4, -0.2) is 31.2 Å². The van der Waals surface area contributed by atoms with E-state index >= 15 is 0 Å². The van der Waals surface area contributed by atoms with E-state index in [9.17, 15) is 9.59 Å². The molecule has 30 heavy (non-hydrogen) atoms. The molecule has 7 nitrogen and oxygen atoms in total. The Bertz CT molecular complexity index is 877. The van der Waals surface area contributed by atoms with Crippen LogP contribution in [0.25, 0.3) is 0 Å². The molecule has 1 aliphatic carbocycles. The van der Waals surface area contributed by atoms with E-state index in [0.29, 0.717) is 23.7 Å². The lowest BCUT2D eigenvalue weighted by Crippen LogP contribution is -2.44. The summed E-state index contributed by atoms with van der Waals surface area (Å²) in [5.41, 5.74) is 4.02. The molecule has 0 spiro atoms. The van der Waals surface area contributed by atoms with Crippen molar-refractivity contribution >= 4 is 18.0 Å². The number of ether oxygens (including phenoxy) is 2. The van der Waals surface area contributed by atoms with Crippen LogP contribution in [0, 0.1) is 0 Å². The summed E-state index contributed by atoms with van der Waals surface area (Å²) in [7, 11) is 1.56. The van der Waals surface area contributed by atoms with E-state index in [2.05, 4.69) is 15.8 Å². The Kier molecular flexibility index (Phi) is 7.83. The Morgan fingerprint density at radius 1 is 1.03 bits per heavy atom. The Labute approximate surface area is 176 Å². The monoisotopic (exact) mass is 409 g/mol. The van der Waals surface area contributed by atoms with Gasteiger partial charge in [0.15, 0.2) is 11.5 Å². The molecule has 2 aromatic carbocycles. The molecule has 3 rings (SSSR count). The standard InChI is InChI=1S/C23H27N3O4/c1-29-21-14-18(12-13-20(21)30-16-17-8-4-2-5-9-17)15-24-26-23(28)22(27)25-19-10-6-3-7-11-19/h2,4-5,8-9,12-15,19H,3,6-7,10-11,16H2,1H3,(H,25,27)(H,26,28)/b24-15+. The molecule has 1 saturated carbocycles. The van der Waals surface area contributed by atoms with Crippen molar-refractivity contribution in [2.24, 2.45) is 5.10 Å². The van der Waals surface area contributed by atoms with Gasteiger partial charge in [0, 0.05) is 6.04 Å². The van der Waals surface area contributed by atoms with Crippen molar-refractivity contribution in [3.8, 4) is 11.5 Å². The third kappa shape index (κ3) is 6.34. The summed E-state index contributed by atoms with van der Waals surface area (Å²) in [6.45, 7) is 0.427. The van der Waals surface area contributed by atoms with Crippen molar-refractivity contribution in [2.75, 3.05) is 7.11 Å². The van der Waals surface area contributed by atoms with Crippen molar-refractivity contribution < 1.29 is 19.1 Å². The van der Waals surface area contributed by atoms with Crippen LogP contribution in [0.15, 0.2) is 53.6 Å². The molecule has 0 bridgehead atoms. The van der Waals surface area contributed by atoms with Gasteiger partial charge in [-0.1, -0.05) is 49.6 Å². The molecule has 0 radical (unpaired) electrons. The molecule has 7 heteroatoms. The predicted molar refractivity (Wildman–Crippen MR) is 115 cm³/mol. The number of hydrogen-bond acceptors (Lipinski definition) is 5.